The summed E-state index contributed by atoms with van der Waals surface area (Å²) in [6.07, 6.45) is 8.65. The first kappa shape index (κ1) is 14.3. The number of carboxylic acid groups (broad SMARTS) is 1. The SMILES string of the molecule is Cc1nc(C2CCC3CCCCC3C2)[nH]c(=O)c1C(=O)O. The van der Waals surface area contributed by atoms with Gasteiger partial charge in [-0.05, 0) is 38.0 Å². The van der Waals surface area contributed by atoms with Crippen LogP contribution in [0, 0.1) is 18.8 Å². The first-order chi connectivity index (χ1) is 10.1. The number of hydrogen-bond acceptors (Lipinski definition) is 3. The number of fused-ring (bicyclic) bond motifs is 1. The molecule has 2 fully saturated rings. The van der Waals surface area contributed by atoms with Crippen molar-refractivity contribution in [1.29, 1.82) is 0 Å². The van der Waals surface area contributed by atoms with Gasteiger partial charge in [-0.3, -0.25) is 4.79 Å². The van der Waals surface area contributed by atoms with Gasteiger partial charge >= 0.3 is 5.97 Å². The molecule has 1 heterocycles. The van der Waals surface area contributed by atoms with Gasteiger partial charge in [0.25, 0.3) is 5.56 Å². The minimum atomic E-state index is -1.20. The average molecular weight is 290 g/mol. The van der Waals surface area contributed by atoms with Crippen LogP contribution < -0.4 is 5.56 Å². The lowest BCUT2D eigenvalue weighted by atomic mass is 9.67. The summed E-state index contributed by atoms with van der Waals surface area (Å²) in [6.45, 7) is 1.61. The zero-order chi connectivity index (χ0) is 15.0. The van der Waals surface area contributed by atoms with Crippen LogP contribution in [-0.2, 0) is 0 Å². The van der Waals surface area contributed by atoms with Crippen molar-refractivity contribution in [2.45, 2.75) is 57.8 Å². The fourth-order valence-electron chi connectivity index (χ4n) is 4.17. The normalized spacial score (nSPS) is 28.9. The third-order valence-corrected chi connectivity index (χ3v) is 5.26. The summed E-state index contributed by atoms with van der Waals surface area (Å²) in [4.78, 5) is 30.1. The fraction of sp³-hybridized carbons (Fsp3) is 0.688. The van der Waals surface area contributed by atoms with Crippen LogP contribution in [0.2, 0.25) is 0 Å². The lowest BCUT2D eigenvalue weighted by Gasteiger charge is -2.39. The first-order valence-electron chi connectivity index (χ1n) is 7.90. The van der Waals surface area contributed by atoms with Gasteiger partial charge in [0.15, 0.2) is 0 Å². The third kappa shape index (κ3) is 2.74. The van der Waals surface area contributed by atoms with E-state index in [0.717, 1.165) is 24.7 Å². The van der Waals surface area contributed by atoms with Gasteiger partial charge in [0.05, 0.1) is 5.69 Å². The van der Waals surface area contributed by atoms with E-state index in [2.05, 4.69) is 9.97 Å². The van der Waals surface area contributed by atoms with Gasteiger partial charge in [-0.1, -0.05) is 25.7 Å². The summed E-state index contributed by atoms with van der Waals surface area (Å²) < 4.78 is 0. The Morgan fingerprint density at radius 2 is 1.90 bits per heavy atom. The van der Waals surface area contributed by atoms with Crippen LogP contribution in [0.1, 0.15) is 72.7 Å². The molecular formula is C16H22N2O3. The maximum atomic E-state index is 12.0. The van der Waals surface area contributed by atoms with Gasteiger partial charge in [0.1, 0.15) is 11.4 Å². The number of H-pyrrole nitrogens is 1. The van der Waals surface area contributed by atoms with E-state index < -0.39 is 11.5 Å². The Balaban J connectivity index is 1.84. The second-order valence-corrected chi connectivity index (χ2v) is 6.53. The van der Waals surface area contributed by atoms with Crippen molar-refractivity contribution in [3.05, 3.63) is 27.4 Å². The first-order valence-corrected chi connectivity index (χ1v) is 7.90. The summed E-state index contributed by atoms with van der Waals surface area (Å²) >= 11 is 0. The standard InChI is InChI=1S/C16H22N2O3/c1-9-13(16(20)21)15(19)18-14(17-9)12-7-6-10-4-2-3-5-11(10)8-12/h10-12H,2-8H2,1H3,(H,20,21)(H,17,18,19). The Labute approximate surface area is 123 Å². The highest BCUT2D eigenvalue weighted by atomic mass is 16.4. The Bertz CT molecular complexity index is 608. The Hall–Kier alpha value is -1.65. The number of carboxylic acids is 1. The van der Waals surface area contributed by atoms with E-state index in [4.69, 9.17) is 5.11 Å². The molecule has 3 rings (SSSR count). The van der Waals surface area contributed by atoms with E-state index in [1.165, 1.54) is 32.1 Å². The van der Waals surface area contributed by atoms with Crippen molar-refractivity contribution >= 4 is 5.97 Å². The van der Waals surface area contributed by atoms with Gasteiger partial charge in [-0.25, -0.2) is 9.78 Å². The molecule has 2 N–H and O–H groups in total. The van der Waals surface area contributed by atoms with Crippen LogP contribution in [0.3, 0.4) is 0 Å². The van der Waals surface area contributed by atoms with E-state index in [1.54, 1.807) is 6.92 Å². The van der Waals surface area contributed by atoms with Crippen LogP contribution in [0.4, 0.5) is 0 Å². The fourth-order valence-corrected chi connectivity index (χ4v) is 4.17. The number of carbonyl (C=O) groups is 1. The average Bonchev–Trinajstić information content (AvgIpc) is 2.45. The second-order valence-electron chi connectivity index (χ2n) is 6.53. The number of hydrogen-bond donors (Lipinski definition) is 2. The van der Waals surface area contributed by atoms with Crippen molar-refractivity contribution in [3.63, 3.8) is 0 Å². The molecule has 114 valence electrons. The number of rotatable bonds is 2. The maximum absolute atomic E-state index is 12.0. The maximum Gasteiger partial charge on any atom is 0.343 e. The Morgan fingerprint density at radius 1 is 1.19 bits per heavy atom. The van der Waals surface area contributed by atoms with E-state index >= 15 is 0 Å². The van der Waals surface area contributed by atoms with E-state index in [1.807, 2.05) is 0 Å². The van der Waals surface area contributed by atoms with Crippen molar-refractivity contribution in [3.8, 4) is 0 Å². The Kier molecular flexibility index (Phi) is 3.83. The molecule has 0 spiro atoms. The quantitative estimate of drug-likeness (QED) is 0.877. The molecule has 2 saturated carbocycles. The zero-order valence-corrected chi connectivity index (χ0v) is 12.4. The van der Waals surface area contributed by atoms with Crippen molar-refractivity contribution in [1.82, 2.24) is 9.97 Å². The van der Waals surface area contributed by atoms with Crippen LogP contribution in [0.5, 0.6) is 0 Å². The van der Waals surface area contributed by atoms with E-state index in [0.29, 0.717) is 11.5 Å². The van der Waals surface area contributed by atoms with Gasteiger partial charge in [0.2, 0.25) is 0 Å². The smallest absolute Gasteiger partial charge is 0.343 e. The van der Waals surface area contributed by atoms with Crippen LogP contribution >= 0.6 is 0 Å². The number of nitrogens with zero attached hydrogens (tertiary/aromatic N) is 1. The molecule has 1 aromatic heterocycles. The van der Waals surface area contributed by atoms with Crippen molar-refractivity contribution in [2.75, 3.05) is 0 Å². The molecule has 3 atom stereocenters. The molecule has 3 unspecified atom stereocenters. The predicted molar refractivity (Wildman–Crippen MR) is 78.6 cm³/mol. The molecular weight excluding hydrogens is 268 g/mol. The topological polar surface area (TPSA) is 83.0 Å². The highest BCUT2D eigenvalue weighted by molar-refractivity contribution is 5.88. The molecule has 0 bridgehead atoms. The number of aromatic amines is 1. The molecule has 2 aliphatic rings. The molecule has 1 aromatic rings. The number of aromatic carboxylic acids is 1. The third-order valence-electron chi connectivity index (χ3n) is 5.26. The van der Waals surface area contributed by atoms with Gasteiger partial charge in [-0.15, -0.1) is 0 Å². The summed E-state index contributed by atoms with van der Waals surface area (Å²) in [5.74, 6) is 1.36. The summed E-state index contributed by atoms with van der Waals surface area (Å²) in [5.41, 5.74) is -0.423. The van der Waals surface area contributed by atoms with Crippen LogP contribution in [-0.4, -0.2) is 21.0 Å². The largest absolute Gasteiger partial charge is 0.477 e. The summed E-state index contributed by atoms with van der Waals surface area (Å²) in [6, 6.07) is 0. The van der Waals surface area contributed by atoms with E-state index in [9.17, 15) is 9.59 Å². The van der Waals surface area contributed by atoms with Gasteiger partial charge in [-0.2, -0.15) is 0 Å². The molecule has 0 aromatic carbocycles. The molecule has 0 aliphatic heterocycles. The molecule has 0 saturated heterocycles. The molecule has 5 heteroatoms. The molecule has 0 radical (unpaired) electrons. The minimum Gasteiger partial charge on any atom is -0.477 e. The monoisotopic (exact) mass is 290 g/mol. The van der Waals surface area contributed by atoms with Crippen molar-refractivity contribution in [2.24, 2.45) is 11.8 Å². The number of aromatic nitrogens is 2. The highest BCUT2D eigenvalue weighted by Gasteiger charge is 2.34. The summed E-state index contributed by atoms with van der Waals surface area (Å²) in [5, 5.41) is 9.04. The second kappa shape index (κ2) is 5.62. The lowest BCUT2D eigenvalue weighted by Crippen LogP contribution is -2.30. The Morgan fingerprint density at radius 3 is 2.57 bits per heavy atom. The van der Waals surface area contributed by atoms with Crippen LogP contribution in [0.25, 0.3) is 0 Å². The summed E-state index contributed by atoms with van der Waals surface area (Å²) in [7, 11) is 0. The van der Waals surface area contributed by atoms with Gasteiger partial charge < -0.3 is 10.1 Å². The zero-order valence-electron chi connectivity index (χ0n) is 12.4. The predicted octanol–water partition coefficient (Wildman–Crippen LogP) is 2.85. The van der Waals surface area contributed by atoms with E-state index in [-0.39, 0.29) is 11.5 Å². The molecule has 0 amide bonds. The molecule has 5 nitrogen and oxygen atoms in total. The molecule has 2 aliphatic carbocycles. The number of nitrogens with one attached hydrogen (secondary N) is 1. The van der Waals surface area contributed by atoms with Crippen LogP contribution in [0.15, 0.2) is 4.79 Å². The minimum absolute atomic E-state index is 0.231. The van der Waals surface area contributed by atoms with Crippen molar-refractivity contribution < 1.29 is 9.90 Å². The molecule has 21 heavy (non-hydrogen) atoms. The highest BCUT2D eigenvalue weighted by Crippen LogP contribution is 2.45. The van der Waals surface area contributed by atoms with Gasteiger partial charge in [0, 0.05) is 5.92 Å². The lowest BCUT2D eigenvalue weighted by molar-refractivity contribution is 0.0693. The number of aryl methyl sites for hydroxylation is 1.